The monoisotopic (exact) mass is 522 g/mol. The Balaban J connectivity index is 1.40. The normalized spacial score (nSPS) is 15.4. The first-order chi connectivity index (χ1) is 16.3. The third-order valence-corrected chi connectivity index (χ3v) is 7.10. The van der Waals surface area contributed by atoms with Crippen molar-refractivity contribution in [2.45, 2.75) is 0 Å². The Hall–Kier alpha value is -3.49. The van der Waals surface area contributed by atoms with Crippen LogP contribution in [-0.4, -0.2) is 73.6 Å². The van der Waals surface area contributed by atoms with Crippen LogP contribution in [0, 0.1) is 0 Å². The Morgan fingerprint density at radius 3 is 2.47 bits per heavy atom. The lowest BCUT2D eigenvalue weighted by molar-refractivity contribution is 0.262. The first-order valence-electron chi connectivity index (χ1n) is 9.88. The molecule has 5 rings (SSSR count). The van der Waals surface area contributed by atoms with Gasteiger partial charge in [-0.15, -0.1) is 4.80 Å². The standard InChI is InChI=1S/C18H16Cl2N10O3S/c19-12-7-11(8-21-16(12)30-22-1-2-23-30)25-18(31)26-13-9-24-29-10-14(20)27-17(29)15(13)28-3-5-34(32,33)6-4-28/h1-2,7-10H,3-6H2,(H2,25,26,31). The number of nitrogens with one attached hydrogen (secondary N) is 2. The molecule has 0 atom stereocenters. The molecule has 2 amide bonds. The van der Waals surface area contributed by atoms with Crippen LogP contribution in [0.25, 0.3) is 11.5 Å². The smallest absolute Gasteiger partial charge is 0.323 e. The molecule has 1 aliphatic rings. The summed E-state index contributed by atoms with van der Waals surface area (Å²) in [6.45, 7) is 0.483. The van der Waals surface area contributed by atoms with Crippen molar-refractivity contribution in [1.82, 2.24) is 34.6 Å². The van der Waals surface area contributed by atoms with Crippen LogP contribution in [0.1, 0.15) is 0 Å². The second-order valence-corrected chi connectivity index (χ2v) is 10.4. The minimum atomic E-state index is -3.11. The molecular formula is C18H16Cl2N10O3S. The van der Waals surface area contributed by atoms with Crippen LogP contribution in [0.4, 0.5) is 21.9 Å². The lowest BCUT2D eigenvalue weighted by atomic mass is 10.3. The molecule has 1 aliphatic heterocycles. The van der Waals surface area contributed by atoms with E-state index in [4.69, 9.17) is 23.2 Å². The van der Waals surface area contributed by atoms with E-state index in [-0.39, 0.29) is 34.8 Å². The number of fused-ring (bicyclic) bond motifs is 1. The molecule has 176 valence electrons. The van der Waals surface area contributed by atoms with Gasteiger partial charge in [-0.3, -0.25) is 0 Å². The third-order valence-electron chi connectivity index (χ3n) is 5.03. The summed E-state index contributed by atoms with van der Waals surface area (Å²) in [6, 6.07) is 0.927. The molecule has 13 nitrogen and oxygen atoms in total. The van der Waals surface area contributed by atoms with Gasteiger partial charge in [-0.25, -0.2) is 27.7 Å². The number of hydrogen-bond acceptors (Lipinski definition) is 9. The average molecular weight is 523 g/mol. The number of hydrogen-bond donors (Lipinski definition) is 2. The predicted octanol–water partition coefficient (Wildman–Crippen LogP) is 1.89. The van der Waals surface area contributed by atoms with E-state index in [0.717, 1.165) is 0 Å². The summed E-state index contributed by atoms with van der Waals surface area (Å²) in [7, 11) is -3.11. The van der Waals surface area contributed by atoms with Crippen LogP contribution in [0.15, 0.2) is 37.1 Å². The average Bonchev–Trinajstić information content (AvgIpc) is 3.43. The van der Waals surface area contributed by atoms with Crippen LogP contribution in [-0.2, 0) is 9.84 Å². The molecule has 0 aromatic carbocycles. The highest BCUT2D eigenvalue weighted by Gasteiger charge is 2.27. The van der Waals surface area contributed by atoms with Crippen LogP contribution in [0.3, 0.4) is 0 Å². The van der Waals surface area contributed by atoms with E-state index in [9.17, 15) is 13.2 Å². The minimum Gasteiger partial charge on any atom is -0.365 e. The van der Waals surface area contributed by atoms with E-state index in [1.165, 1.54) is 46.4 Å². The molecule has 5 heterocycles. The van der Waals surface area contributed by atoms with E-state index in [0.29, 0.717) is 28.5 Å². The van der Waals surface area contributed by atoms with Crippen LogP contribution >= 0.6 is 23.2 Å². The summed E-state index contributed by atoms with van der Waals surface area (Å²) in [5.41, 5.74) is 1.58. The van der Waals surface area contributed by atoms with Crippen LogP contribution in [0.5, 0.6) is 0 Å². The van der Waals surface area contributed by atoms with Gasteiger partial charge in [0.1, 0.15) is 10.8 Å². The topological polar surface area (TPSA) is 152 Å². The van der Waals surface area contributed by atoms with Gasteiger partial charge in [0.25, 0.3) is 0 Å². The van der Waals surface area contributed by atoms with Gasteiger partial charge in [0.2, 0.25) is 0 Å². The molecular weight excluding hydrogens is 507 g/mol. The molecule has 34 heavy (non-hydrogen) atoms. The fraction of sp³-hybridized carbons (Fsp3) is 0.222. The van der Waals surface area contributed by atoms with Gasteiger partial charge in [-0.05, 0) is 6.07 Å². The molecule has 4 aromatic rings. The van der Waals surface area contributed by atoms with E-state index >= 15 is 0 Å². The fourth-order valence-electron chi connectivity index (χ4n) is 3.49. The van der Waals surface area contributed by atoms with Gasteiger partial charge in [-0.1, -0.05) is 23.2 Å². The zero-order valence-corrected chi connectivity index (χ0v) is 19.6. The predicted molar refractivity (Wildman–Crippen MR) is 126 cm³/mol. The highest BCUT2D eigenvalue weighted by atomic mass is 35.5. The highest BCUT2D eigenvalue weighted by Crippen LogP contribution is 2.32. The zero-order valence-electron chi connectivity index (χ0n) is 17.3. The highest BCUT2D eigenvalue weighted by molar-refractivity contribution is 7.91. The maximum absolute atomic E-state index is 12.8. The Kier molecular flexibility index (Phi) is 5.71. The lowest BCUT2D eigenvalue weighted by Gasteiger charge is -2.30. The Bertz CT molecular complexity index is 1480. The fourth-order valence-corrected chi connectivity index (χ4v) is 5.11. The molecule has 0 radical (unpaired) electrons. The molecule has 0 spiro atoms. The van der Waals surface area contributed by atoms with E-state index in [2.05, 4.69) is 35.9 Å². The van der Waals surface area contributed by atoms with Crippen molar-refractivity contribution in [3.05, 3.63) is 47.2 Å². The van der Waals surface area contributed by atoms with Gasteiger partial charge in [0.05, 0.1) is 58.9 Å². The minimum absolute atomic E-state index is 0.0107. The first kappa shape index (κ1) is 22.3. The second-order valence-electron chi connectivity index (χ2n) is 7.30. The number of aromatic nitrogens is 7. The summed E-state index contributed by atoms with van der Waals surface area (Å²) in [5.74, 6) is 0.289. The molecule has 1 fully saturated rings. The van der Waals surface area contributed by atoms with Gasteiger partial charge in [-0.2, -0.15) is 15.3 Å². The van der Waals surface area contributed by atoms with Crippen molar-refractivity contribution in [2.75, 3.05) is 40.1 Å². The van der Waals surface area contributed by atoms with Gasteiger partial charge >= 0.3 is 6.03 Å². The zero-order chi connectivity index (χ0) is 23.9. The molecule has 0 unspecified atom stereocenters. The number of imidazole rings is 1. The summed E-state index contributed by atoms with van der Waals surface area (Å²) in [6.07, 6.45) is 7.36. The molecule has 1 saturated heterocycles. The second kappa shape index (κ2) is 8.70. The number of amides is 2. The van der Waals surface area contributed by atoms with Gasteiger partial charge in [0, 0.05) is 13.1 Å². The number of urea groups is 1. The van der Waals surface area contributed by atoms with Crippen LogP contribution < -0.4 is 15.5 Å². The Labute approximate surface area is 202 Å². The van der Waals surface area contributed by atoms with Crippen molar-refractivity contribution in [3.63, 3.8) is 0 Å². The van der Waals surface area contributed by atoms with E-state index in [1.54, 1.807) is 0 Å². The van der Waals surface area contributed by atoms with Crippen molar-refractivity contribution in [3.8, 4) is 5.82 Å². The molecule has 4 aromatic heterocycles. The third kappa shape index (κ3) is 4.47. The SMILES string of the molecule is O=C(Nc1cnc(-n2nccn2)c(Cl)c1)Nc1cnn2cc(Cl)nc2c1N1CCS(=O)(=O)CC1. The van der Waals surface area contributed by atoms with Gasteiger partial charge in [0.15, 0.2) is 21.3 Å². The molecule has 2 N–H and O–H groups in total. The number of sulfone groups is 1. The van der Waals surface area contributed by atoms with Crippen molar-refractivity contribution in [2.24, 2.45) is 0 Å². The number of halogens is 2. The summed E-state index contributed by atoms with van der Waals surface area (Å²) >= 11 is 12.3. The quantitative estimate of drug-likeness (QED) is 0.408. The lowest BCUT2D eigenvalue weighted by Crippen LogP contribution is -2.41. The summed E-state index contributed by atoms with van der Waals surface area (Å²) < 4.78 is 25.3. The summed E-state index contributed by atoms with van der Waals surface area (Å²) in [4.78, 5) is 24.3. The molecule has 0 saturated carbocycles. The molecule has 0 aliphatic carbocycles. The maximum Gasteiger partial charge on any atom is 0.323 e. The number of pyridine rings is 1. The van der Waals surface area contributed by atoms with Crippen molar-refractivity contribution >= 4 is 61.8 Å². The maximum atomic E-state index is 12.8. The van der Waals surface area contributed by atoms with Gasteiger partial charge < -0.3 is 15.5 Å². The number of carbonyl (C=O) groups excluding carboxylic acids is 1. The van der Waals surface area contributed by atoms with Crippen molar-refractivity contribution < 1.29 is 13.2 Å². The van der Waals surface area contributed by atoms with Crippen molar-refractivity contribution in [1.29, 1.82) is 0 Å². The summed E-state index contributed by atoms with van der Waals surface area (Å²) in [5, 5.41) is 18.0. The van der Waals surface area contributed by atoms with E-state index in [1.807, 2.05) is 4.90 Å². The Morgan fingerprint density at radius 1 is 1.03 bits per heavy atom. The number of nitrogens with zero attached hydrogens (tertiary/aromatic N) is 8. The molecule has 16 heteroatoms. The molecule has 0 bridgehead atoms. The first-order valence-corrected chi connectivity index (χ1v) is 12.5. The largest absolute Gasteiger partial charge is 0.365 e. The van der Waals surface area contributed by atoms with E-state index < -0.39 is 15.9 Å². The number of rotatable bonds is 4. The number of anilines is 3. The Morgan fingerprint density at radius 2 is 1.76 bits per heavy atom. The number of carbonyl (C=O) groups is 1. The van der Waals surface area contributed by atoms with Crippen LogP contribution in [0.2, 0.25) is 10.2 Å².